The lowest BCUT2D eigenvalue weighted by molar-refractivity contribution is -0.424. The van der Waals surface area contributed by atoms with Gasteiger partial charge in [-0.3, -0.25) is 0 Å². The third-order valence-corrected chi connectivity index (χ3v) is 8.08. The molecule has 3 atom stereocenters. The first-order valence-corrected chi connectivity index (χ1v) is 12.0. The summed E-state index contributed by atoms with van der Waals surface area (Å²) < 4.78 is 140. The Bertz CT molecular complexity index is 976. The number of alkyl halides is 9. The molecule has 0 radical (unpaired) electrons. The van der Waals surface area contributed by atoms with Crippen molar-refractivity contribution in [2.75, 3.05) is 0 Å². The Kier molecular flexibility index (Phi) is 8.87. The summed E-state index contributed by atoms with van der Waals surface area (Å²) in [6.45, 7) is 12.0. The molecular formula is C25H37F9O6. The van der Waals surface area contributed by atoms with E-state index in [1.165, 1.54) is 20.8 Å². The molecule has 6 nitrogen and oxygen atoms in total. The number of aliphatic hydroxyl groups is 2. The van der Waals surface area contributed by atoms with E-state index in [0.29, 0.717) is 20.8 Å². The minimum absolute atomic E-state index is 0.123. The molecule has 0 aromatic heterocycles. The number of esters is 1. The highest BCUT2D eigenvalue weighted by molar-refractivity contribution is 5.87. The summed E-state index contributed by atoms with van der Waals surface area (Å²) in [6, 6.07) is 0. The van der Waals surface area contributed by atoms with Gasteiger partial charge in [0, 0.05) is 5.57 Å². The zero-order chi connectivity index (χ0) is 32.6. The summed E-state index contributed by atoms with van der Waals surface area (Å²) in [4.78, 5) is 12.3. The van der Waals surface area contributed by atoms with Crippen molar-refractivity contribution in [1.29, 1.82) is 0 Å². The van der Waals surface area contributed by atoms with Gasteiger partial charge in [0.2, 0.25) is 0 Å². The van der Waals surface area contributed by atoms with Crippen LogP contribution in [0.3, 0.4) is 0 Å². The van der Waals surface area contributed by atoms with Crippen LogP contribution in [-0.4, -0.2) is 74.4 Å². The Morgan fingerprint density at radius 3 is 1.38 bits per heavy atom. The molecule has 0 heterocycles. The van der Waals surface area contributed by atoms with Gasteiger partial charge >= 0.3 is 24.5 Å². The molecule has 40 heavy (non-hydrogen) atoms. The lowest BCUT2D eigenvalue weighted by atomic mass is 9.72. The number of hydrogen-bond donors (Lipinski definition) is 2. The van der Waals surface area contributed by atoms with Crippen molar-refractivity contribution in [3.8, 4) is 0 Å². The topological polar surface area (TPSA) is 85.2 Å². The molecule has 0 bridgehead atoms. The van der Waals surface area contributed by atoms with Crippen molar-refractivity contribution in [3.05, 3.63) is 12.2 Å². The SMILES string of the molecule is C=C(C)C(=O)OC1CC1(C(C)(C)OC(C)(C)C(C)(O)C(F)(F)F)C(C)(C)OC(C)(C)C(O)(C(F)(F)F)C(F)(F)F. The smallest absolute Gasteiger partial charge is 0.429 e. The fourth-order valence-corrected chi connectivity index (χ4v) is 5.41. The molecule has 2 N–H and O–H groups in total. The van der Waals surface area contributed by atoms with E-state index in [4.69, 9.17) is 14.2 Å². The fourth-order valence-electron chi connectivity index (χ4n) is 5.41. The standard InChI is InChI=1S/C25H37F9O6/c1-13(2)15(35)38-14-12-21(14,17(5,6)39-16(3,4)20(11,36)23(26,27)28)18(7,8)40-19(9,10)22(37,24(29,30)31)25(32,33)34/h14,36-37H,1,12H2,2-11H3. The zero-order valence-corrected chi connectivity index (χ0v) is 23.9. The minimum Gasteiger partial charge on any atom is -0.458 e. The van der Waals surface area contributed by atoms with Gasteiger partial charge in [-0.15, -0.1) is 0 Å². The summed E-state index contributed by atoms with van der Waals surface area (Å²) in [6.07, 6.45) is -19.5. The van der Waals surface area contributed by atoms with E-state index in [9.17, 15) is 54.5 Å². The molecule has 0 aromatic carbocycles. The zero-order valence-electron chi connectivity index (χ0n) is 23.9. The van der Waals surface area contributed by atoms with Crippen molar-refractivity contribution < 1.29 is 68.7 Å². The molecule has 0 aliphatic heterocycles. The van der Waals surface area contributed by atoms with Crippen LogP contribution >= 0.6 is 0 Å². The van der Waals surface area contributed by atoms with E-state index in [-0.39, 0.29) is 12.0 Å². The second kappa shape index (κ2) is 9.73. The van der Waals surface area contributed by atoms with Crippen molar-refractivity contribution in [2.24, 2.45) is 5.41 Å². The Balaban J connectivity index is 3.79. The van der Waals surface area contributed by atoms with E-state index >= 15 is 0 Å². The molecule has 0 aromatic rings. The van der Waals surface area contributed by atoms with Crippen LogP contribution in [0.4, 0.5) is 39.5 Å². The largest absolute Gasteiger partial charge is 0.458 e. The number of rotatable bonds is 10. The average molecular weight is 605 g/mol. The van der Waals surface area contributed by atoms with Crippen LogP contribution in [0.1, 0.15) is 75.7 Å². The molecule has 1 fully saturated rings. The number of ether oxygens (including phenoxy) is 3. The monoisotopic (exact) mass is 604 g/mol. The normalized spacial score (nSPS) is 23.5. The van der Waals surface area contributed by atoms with E-state index in [0.717, 1.165) is 27.7 Å². The number of halogens is 9. The van der Waals surface area contributed by atoms with Crippen molar-refractivity contribution in [2.45, 2.75) is 134 Å². The average Bonchev–Trinajstić information content (AvgIpc) is 3.39. The maximum absolute atomic E-state index is 13.7. The first-order chi connectivity index (χ1) is 17.1. The molecule has 1 rings (SSSR count). The van der Waals surface area contributed by atoms with E-state index in [2.05, 4.69) is 6.58 Å². The Labute approximate surface area is 226 Å². The maximum atomic E-state index is 13.7. The molecule has 0 spiro atoms. The summed E-state index contributed by atoms with van der Waals surface area (Å²) >= 11 is 0. The molecule has 236 valence electrons. The van der Waals surface area contributed by atoms with Gasteiger partial charge in [-0.05, 0) is 75.7 Å². The molecule has 3 unspecified atom stereocenters. The lowest BCUT2D eigenvalue weighted by Gasteiger charge is -2.54. The Morgan fingerprint density at radius 1 is 0.725 bits per heavy atom. The second-order valence-corrected chi connectivity index (χ2v) is 12.4. The predicted octanol–water partition coefficient (Wildman–Crippen LogP) is 6.18. The van der Waals surface area contributed by atoms with Gasteiger partial charge < -0.3 is 24.4 Å². The minimum atomic E-state index is -6.27. The number of carbonyl (C=O) groups excluding carboxylic acids is 1. The van der Waals surface area contributed by atoms with Gasteiger partial charge in [0.15, 0.2) is 5.60 Å². The Morgan fingerprint density at radius 2 is 1.07 bits per heavy atom. The predicted molar refractivity (Wildman–Crippen MR) is 124 cm³/mol. The summed E-state index contributed by atoms with van der Waals surface area (Å²) in [7, 11) is 0. The molecular weight excluding hydrogens is 567 g/mol. The molecule has 1 aliphatic carbocycles. The number of hydrogen-bond acceptors (Lipinski definition) is 6. The van der Waals surface area contributed by atoms with Crippen LogP contribution in [0.25, 0.3) is 0 Å². The summed E-state index contributed by atoms with van der Waals surface area (Å²) in [5, 5.41) is 20.4. The van der Waals surface area contributed by atoms with Gasteiger partial charge in [0.05, 0.1) is 16.6 Å². The molecule has 1 saturated carbocycles. The highest BCUT2D eigenvalue weighted by Crippen LogP contribution is 2.67. The lowest BCUT2D eigenvalue weighted by Crippen LogP contribution is -2.72. The second-order valence-electron chi connectivity index (χ2n) is 12.4. The third kappa shape index (κ3) is 5.59. The molecule has 1 aliphatic rings. The van der Waals surface area contributed by atoms with Gasteiger partial charge in [-0.1, -0.05) is 6.58 Å². The third-order valence-electron chi connectivity index (χ3n) is 8.08. The van der Waals surface area contributed by atoms with Gasteiger partial charge in [0.1, 0.15) is 17.3 Å². The van der Waals surface area contributed by atoms with Crippen LogP contribution in [0, 0.1) is 5.41 Å². The fraction of sp³-hybridized carbons (Fsp3) is 0.880. The van der Waals surface area contributed by atoms with Crippen LogP contribution < -0.4 is 0 Å². The molecule has 0 saturated heterocycles. The highest BCUT2D eigenvalue weighted by Gasteiger charge is 2.81. The molecule has 15 heteroatoms. The van der Waals surface area contributed by atoms with Crippen LogP contribution in [-0.2, 0) is 19.0 Å². The summed E-state index contributed by atoms with van der Waals surface area (Å²) in [5.74, 6) is -0.999. The van der Waals surface area contributed by atoms with Crippen molar-refractivity contribution in [1.82, 2.24) is 0 Å². The first-order valence-electron chi connectivity index (χ1n) is 12.0. The van der Waals surface area contributed by atoms with Gasteiger partial charge in [-0.25, -0.2) is 4.79 Å². The van der Waals surface area contributed by atoms with E-state index in [1.807, 2.05) is 0 Å². The van der Waals surface area contributed by atoms with Crippen molar-refractivity contribution >= 4 is 5.97 Å². The van der Waals surface area contributed by atoms with Crippen LogP contribution in [0.2, 0.25) is 0 Å². The summed E-state index contributed by atoms with van der Waals surface area (Å²) in [5.41, 5.74) is -21.0. The Hall–Kier alpha value is -1.58. The van der Waals surface area contributed by atoms with Gasteiger partial charge in [-0.2, -0.15) is 39.5 Å². The van der Waals surface area contributed by atoms with Crippen LogP contribution in [0.5, 0.6) is 0 Å². The maximum Gasteiger partial charge on any atom is 0.429 e. The van der Waals surface area contributed by atoms with Crippen molar-refractivity contribution in [3.63, 3.8) is 0 Å². The highest BCUT2D eigenvalue weighted by atomic mass is 19.4. The van der Waals surface area contributed by atoms with Crippen LogP contribution in [0.15, 0.2) is 12.2 Å². The van der Waals surface area contributed by atoms with E-state index < -0.39 is 69.6 Å². The first kappa shape index (κ1) is 36.4. The quantitative estimate of drug-likeness (QED) is 0.176. The number of carbonyl (C=O) groups is 1. The molecule has 0 amide bonds. The van der Waals surface area contributed by atoms with Gasteiger partial charge in [0.25, 0.3) is 5.60 Å². The van der Waals surface area contributed by atoms with E-state index in [1.54, 1.807) is 0 Å².